The number of nitrogens with zero attached hydrogens (tertiary/aromatic N) is 3. The van der Waals surface area contributed by atoms with E-state index in [1.165, 1.54) is 34.8 Å². The van der Waals surface area contributed by atoms with Crippen molar-refractivity contribution in [3.05, 3.63) is 113 Å². The predicted octanol–water partition coefficient (Wildman–Crippen LogP) is 5.52. The second kappa shape index (κ2) is 9.43. The summed E-state index contributed by atoms with van der Waals surface area (Å²) < 4.78 is 17.7. The van der Waals surface area contributed by atoms with Crippen molar-refractivity contribution >= 4 is 16.7 Å². The van der Waals surface area contributed by atoms with E-state index in [2.05, 4.69) is 57.8 Å². The molecule has 0 amide bonds. The van der Waals surface area contributed by atoms with Crippen LogP contribution < -0.4 is 4.90 Å². The summed E-state index contributed by atoms with van der Waals surface area (Å²) in [5.41, 5.74) is 3.56. The number of aromatic nitrogens is 2. The first kappa shape index (κ1) is 19.3. The molecule has 4 rings (SSSR count). The molecule has 29 heavy (non-hydrogen) atoms. The second-order valence-electron chi connectivity index (χ2n) is 6.94. The van der Waals surface area contributed by atoms with E-state index in [4.69, 9.17) is 4.98 Å². The van der Waals surface area contributed by atoms with E-state index in [1.807, 2.05) is 12.1 Å². The topological polar surface area (TPSA) is 29.0 Å². The molecule has 0 aliphatic heterocycles. The number of hydrogen-bond donors (Lipinski definition) is 0. The molecule has 0 saturated heterocycles. The highest BCUT2D eigenvalue weighted by molar-refractivity contribution is 7.09. The summed E-state index contributed by atoms with van der Waals surface area (Å²) in [5, 5.41) is 0.918. The van der Waals surface area contributed by atoms with E-state index in [-0.39, 0.29) is 5.82 Å². The van der Waals surface area contributed by atoms with Gasteiger partial charge in [-0.2, -0.15) is 4.37 Å². The smallest absolute Gasteiger partial charge is 0.205 e. The van der Waals surface area contributed by atoms with Gasteiger partial charge >= 0.3 is 0 Å². The molecule has 0 aliphatic carbocycles. The van der Waals surface area contributed by atoms with E-state index in [0.717, 1.165) is 36.0 Å². The van der Waals surface area contributed by atoms with Crippen molar-refractivity contribution in [3.8, 4) is 0 Å². The Morgan fingerprint density at radius 3 is 2.10 bits per heavy atom. The third-order valence-electron chi connectivity index (χ3n) is 4.73. The minimum Gasteiger partial charge on any atom is -0.342 e. The van der Waals surface area contributed by atoms with Gasteiger partial charge in [-0.3, -0.25) is 0 Å². The van der Waals surface area contributed by atoms with Crippen LogP contribution >= 0.6 is 11.5 Å². The van der Waals surface area contributed by atoms with Crippen molar-refractivity contribution in [1.82, 2.24) is 9.36 Å². The van der Waals surface area contributed by atoms with Gasteiger partial charge in [0.2, 0.25) is 5.13 Å². The number of halogens is 1. The van der Waals surface area contributed by atoms with Gasteiger partial charge in [0.25, 0.3) is 0 Å². The van der Waals surface area contributed by atoms with Crippen molar-refractivity contribution in [2.45, 2.75) is 19.4 Å². The second-order valence-corrected chi connectivity index (χ2v) is 7.67. The monoisotopic (exact) mass is 403 g/mol. The Balaban J connectivity index is 1.50. The molecule has 1 aromatic heterocycles. The largest absolute Gasteiger partial charge is 0.342 e. The average molecular weight is 404 g/mol. The maximum atomic E-state index is 13.1. The predicted molar refractivity (Wildman–Crippen MR) is 117 cm³/mol. The lowest BCUT2D eigenvalue weighted by Gasteiger charge is -2.21. The van der Waals surface area contributed by atoms with Gasteiger partial charge in [-0.25, -0.2) is 9.37 Å². The minimum absolute atomic E-state index is 0.226. The molecule has 146 valence electrons. The van der Waals surface area contributed by atoms with Gasteiger partial charge in [0.05, 0.1) is 0 Å². The van der Waals surface area contributed by atoms with Crippen LogP contribution in [0, 0.1) is 5.82 Å². The Morgan fingerprint density at radius 1 is 0.759 bits per heavy atom. The maximum absolute atomic E-state index is 13.1. The van der Waals surface area contributed by atoms with Gasteiger partial charge in [0, 0.05) is 31.0 Å². The van der Waals surface area contributed by atoms with Gasteiger partial charge in [-0.05, 0) is 35.2 Å². The van der Waals surface area contributed by atoms with Crippen LogP contribution in [-0.4, -0.2) is 15.9 Å². The van der Waals surface area contributed by atoms with E-state index in [0.29, 0.717) is 6.42 Å². The molecular formula is C24H22FN3S. The first-order valence-electron chi connectivity index (χ1n) is 9.66. The Bertz CT molecular complexity index is 1020. The maximum Gasteiger partial charge on any atom is 0.205 e. The normalized spacial score (nSPS) is 10.8. The first-order valence-corrected chi connectivity index (χ1v) is 10.4. The Hall–Kier alpha value is -3.05. The summed E-state index contributed by atoms with van der Waals surface area (Å²) in [6.07, 6.45) is 1.55. The van der Waals surface area contributed by atoms with Crippen molar-refractivity contribution in [2.75, 3.05) is 11.4 Å². The molecule has 0 bridgehead atoms. The third-order valence-corrected chi connectivity index (χ3v) is 5.55. The summed E-state index contributed by atoms with van der Waals surface area (Å²) in [4.78, 5) is 7.06. The van der Waals surface area contributed by atoms with Crippen molar-refractivity contribution < 1.29 is 4.39 Å². The zero-order valence-corrected chi connectivity index (χ0v) is 16.9. The Kier molecular flexibility index (Phi) is 6.27. The molecule has 5 heteroatoms. The lowest BCUT2D eigenvalue weighted by Crippen LogP contribution is -2.25. The minimum atomic E-state index is -0.226. The quantitative estimate of drug-likeness (QED) is 0.388. The van der Waals surface area contributed by atoms with Crippen LogP contribution in [0.2, 0.25) is 0 Å². The molecule has 0 saturated carbocycles. The molecule has 3 nitrogen and oxygen atoms in total. The van der Waals surface area contributed by atoms with Crippen LogP contribution in [0.1, 0.15) is 22.5 Å². The van der Waals surface area contributed by atoms with Crippen LogP contribution in [0.3, 0.4) is 0 Å². The summed E-state index contributed by atoms with van der Waals surface area (Å²) in [7, 11) is 0. The van der Waals surface area contributed by atoms with E-state index >= 15 is 0 Å². The van der Waals surface area contributed by atoms with Gasteiger partial charge < -0.3 is 4.90 Å². The summed E-state index contributed by atoms with van der Waals surface area (Å²) >= 11 is 1.43. The number of hydrogen-bond acceptors (Lipinski definition) is 4. The van der Waals surface area contributed by atoms with Gasteiger partial charge in [0.1, 0.15) is 11.6 Å². The van der Waals surface area contributed by atoms with Crippen LogP contribution in [0.4, 0.5) is 9.52 Å². The molecule has 0 aliphatic rings. The van der Waals surface area contributed by atoms with E-state index in [9.17, 15) is 4.39 Å². The fraction of sp³-hybridized carbons (Fsp3) is 0.167. The summed E-state index contributed by atoms with van der Waals surface area (Å²) in [6, 6.07) is 27.4. The molecule has 0 atom stereocenters. The van der Waals surface area contributed by atoms with Gasteiger partial charge in [0.15, 0.2) is 0 Å². The first-order chi connectivity index (χ1) is 14.3. The van der Waals surface area contributed by atoms with Crippen molar-refractivity contribution in [1.29, 1.82) is 0 Å². The molecule has 0 N–H and O–H groups in total. The summed E-state index contributed by atoms with van der Waals surface area (Å²) in [5.74, 6) is 0.546. The Labute approximate surface area is 174 Å². The Morgan fingerprint density at radius 2 is 1.41 bits per heavy atom. The molecule has 4 aromatic rings. The van der Waals surface area contributed by atoms with E-state index in [1.54, 1.807) is 12.1 Å². The van der Waals surface area contributed by atoms with Crippen LogP contribution in [0.25, 0.3) is 0 Å². The standard InChI is InChI=1S/C24H22FN3S/c25-22-13-11-20(12-14-22)17-23-26-24(29-27-23)28(18-21-9-5-2-6-10-21)16-15-19-7-3-1-4-8-19/h1-14H,15-18H2. The fourth-order valence-corrected chi connectivity index (χ4v) is 3.89. The highest BCUT2D eigenvalue weighted by Crippen LogP contribution is 2.22. The molecule has 0 unspecified atom stereocenters. The molecular weight excluding hydrogens is 381 g/mol. The van der Waals surface area contributed by atoms with Crippen LogP contribution in [0.15, 0.2) is 84.9 Å². The van der Waals surface area contributed by atoms with Crippen molar-refractivity contribution in [2.24, 2.45) is 0 Å². The zero-order valence-electron chi connectivity index (χ0n) is 16.0. The third kappa shape index (κ3) is 5.48. The molecule has 1 heterocycles. The molecule has 0 radical (unpaired) electrons. The number of anilines is 1. The highest BCUT2D eigenvalue weighted by atomic mass is 32.1. The average Bonchev–Trinajstić information content (AvgIpc) is 3.22. The van der Waals surface area contributed by atoms with Gasteiger partial charge in [-0.1, -0.05) is 72.8 Å². The lowest BCUT2D eigenvalue weighted by molar-refractivity contribution is 0.627. The lowest BCUT2D eigenvalue weighted by atomic mass is 10.1. The van der Waals surface area contributed by atoms with Gasteiger partial charge in [-0.15, -0.1) is 0 Å². The number of benzene rings is 3. The molecule has 0 spiro atoms. The highest BCUT2D eigenvalue weighted by Gasteiger charge is 2.14. The van der Waals surface area contributed by atoms with Crippen LogP contribution in [0.5, 0.6) is 0 Å². The SMILES string of the molecule is Fc1ccc(Cc2nsc(N(CCc3ccccc3)Cc3ccccc3)n2)cc1. The molecule has 0 fully saturated rings. The summed E-state index contributed by atoms with van der Waals surface area (Å²) in [6.45, 7) is 1.66. The van der Waals surface area contributed by atoms with E-state index < -0.39 is 0 Å². The number of rotatable bonds is 8. The zero-order chi connectivity index (χ0) is 19.9. The fourth-order valence-electron chi connectivity index (χ4n) is 3.18. The van der Waals surface area contributed by atoms with Crippen LogP contribution in [-0.2, 0) is 19.4 Å². The van der Waals surface area contributed by atoms with Crippen molar-refractivity contribution in [3.63, 3.8) is 0 Å². The molecule has 3 aromatic carbocycles.